The van der Waals surface area contributed by atoms with Crippen molar-refractivity contribution in [2.45, 2.75) is 47.2 Å². The Labute approximate surface area is 116 Å². The van der Waals surface area contributed by atoms with Crippen LogP contribution in [0.3, 0.4) is 0 Å². The highest BCUT2D eigenvalue weighted by atomic mass is 32.1. The summed E-state index contributed by atoms with van der Waals surface area (Å²) in [6.07, 6.45) is 1.20. The number of nitrogens with zero attached hydrogens (tertiary/aromatic N) is 1. The molecule has 0 saturated carbocycles. The molecule has 0 fully saturated rings. The van der Waals surface area contributed by atoms with Gasteiger partial charge in [-0.3, -0.25) is 4.90 Å². The Morgan fingerprint density at radius 2 is 1.94 bits per heavy atom. The monoisotopic (exact) mass is 268 g/mol. The quantitative estimate of drug-likeness (QED) is 0.687. The highest BCUT2D eigenvalue weighted by molar-refractivity contribution is 7.11. The van der Waals surface area contributed by atoms with Gasteiger partial charge >= 0.3 is 0 Å². The van der Waals surface area contributed by atoms with Crippen molar-refractivity contribution in [2.75, 3.05) is 19.6 Å². The van der Waals surface area contributed by atoms with Crippen molar-refractivity contribution in [1.29, 1.82) is 0 Å². The molecule has 0 atom stereocenters. The molecule has 0 spiro atoms. The molecule has 0 aliphatic rings. The summed E-state index contributed by atoms with van der Waals surface area (Å²) >= 11 is 1.95. The van der Waals surface area contributed by atoms with Crippen molar-refractivity contribution in [2.24, 2.45) is 5.92 Å². The summed E-state index contributed by atoms with van der Waals surface area (Å²) in [6, 6.07) is 4.56. The zero-order valence-electron chi connectivity index (χ0n) is 12.3. The lowest BCUT2D eigenvalue weighted by Crippen LogP contribution is -2.26. The number of thiophene rings is 1. The smallest absolute Gasteiger partial charge is 0.0328 e. The molecule has 0 amide bonds. The molecule has 0 saturated heterocycles. The van der Waals surface area contributed by atoms with Crippen LogP contribution in [0.25, 0.3) is 0 Å². The van der Waals surface area contributed by atoms with E-state index in [2.05, 4.69) is 50.0 Å². The van der Waals surface area contributed by atoms with E-state index in [1.165, 1.54) is 22.7 Å². The van der Waals surface area contributed by atoms with Gasteiger partial charge in [0, 0.05) is 29.4 Å². The molecule has 0 aliphatic carbocycles. The number of hydrogen-bond donors (Lipinski definition) is 1. The maximum atomic E-state index is 3.46. The third-order valence-corrected chi connectivity index (χ3v) is 3.96. The van der Waals surface area contributed by atoms with Crippen molar-refractivity contribution < 1.29 is 0 Å². The summed E-state index contributed by atoms with van der Waals surface area (Å²) in [4.78, 5) is 5.48. The fraction of sp³-hybridized carbons (Fsp3) is 0.733. The molecular formula is C15H28N2S. The van der Waals surface area contributed by atoms with Crippen LogP contribution in [0.15, 0.2) is 12.1 Å². The van der Waals surface area contributed by atoms with E-state index in [4.69, 9.17) is 0 Å². The highest BCUT2D eigenvalue weighted by Gasteiger charge is 2.08. The van der Waals surface area contributed by atoms with E-state index < -0.39 is 0 Å². The molecule has 1 aromatic rings. The second-order valence-electron chi connectivity index (χ2n) is 5.27. The fourth-order valence-electron chi connectivity index (χ4n) is 2.03. The molecule has 104 valence electrons. The van der Waals surface area contributed by atoms with Crippen molar-refractivity contribution in [3.8, 4) is 0 Å². The van der Waals surface area contributed by atoms with Gasteiger partial charge in [0.15, 0.2) is 0 Å². The summed E-state index contributed by atoms with van der Waals surface area (Å²) in [5, 5.41) is 3.46. The molecule has 0 aromatic carbocycles. The molecule has 1 N–H and O–H groups in total. The van der Waals surface area contributed by atoms with Crippen LogP contribution < -0.4 is 5.32 Å². The van der Waals surface area contributed by atoms with E-state index in [9.17, 15) is 0 Å². The molecule has 0 radical (unpaired) electrons. The van der Waals surface area contributed by atoms with Gasteiger partial charge in [-0.1, -0.05) is 27.7 Å². The SMILES string of the molecule is CCCNCc1ccc(CN(CC)CC(C)C)s1. The first-order valence-corrected chi connectivity index (χ1v) is 7.98. The van der Waals surface area contributed by atoms with Crippen LogP contribution in [-0.2, 0) is 13.1 Å². The molecule has 3 heteroatoms. The number of hydrogen-bond acceptors (Lipinski definition) is 3. The average molecular weight is 268 g/mol. The third kappa shape index (κ3) is 5.98. The average Bonchev–Trinajstić information content (AvgIpc) is 2.76. The lowest BCUT2D eigenvalue weighted by atomic mass is 10.2. The van der Waals surface area contributed by atoms with Gasteiger partial charge in [0.25, 0.3) is 0 Å². The second-order valence-corrected chi connectivity index (χ2v) is 6.52. The van der Waals surface area contributed by atoms with Crippen molar-refractivity contribution in [1.82, 2.24) is 10.2 Å². The highest BCUT2D eigenvalue weighted by Crippen LogP contribution is 2.18. The molecule has 0 unspecified atom stereocenters. The Bertz CT molecular complexity index is 320. The van der Waals surface area contributed by atoms with Gasteiger partial charge < -0.3 is 5.32 Å². The Morgan fingerprint density at radius 1 is 1.22 bits per heavy atom. The minimum absolute atomic E-state index is 0.746. The molecule has 0 aliphatic heterocycles. The Hall–Kier alpha value is -0.380. The van der Waals surface area contributed by atoms with E-state index in [1.54, 1.807) is 0 Å². The Morgan fingerprint density at radius 3 is 2.56 bits per heavy atom. The van der Waals surface area contributed by atoms with Gasteiger partial charge in [-0.25, -0.2) is 0 Å². The van der Waals surface area contributed by atoms with Crippen molar-refractivity contribution >= 4 is 11.3 Å². The zero-order valence-corrected chi connectivity index (χ0v) is 13.1. The van der Waals surface area contributed by atoms with Crippen LogP contribution in [0.1, 0.15) is 43.9 Å². The number of rotatable bonds is 9. The topological polar surface area (TPSA) is 15.3 Å². The van der Waals surface area contributed by atoms with Crippen molar-refractivity contribution in [3.05, 3.63) is 21.9 Å². The van der Waals surface area contributed by atoms with Crippen LogP contribution in [0.5, 0.6) is 0 Å². The first-order valence-electron chi connectivity index (χ1n) is 7.16. The van der Waals surface area contributed by atoms with Gasteiger partial charge in [0.2, 0.25) is 0 Å². The molecular weight excluding hydrogens is 240 g/mol. The molecule has 1 heterocycles. The lowest BCUT2D eigenvalue weighted by molar-refractivity contribution is 0.250. The van der Waals surface area contributed by atoms with Crippen LogP contribution in [-0.4, -0.2) is 24.5 Å². The molecule has 1 aromatic heterocycles. The Kier molecular flexibility index (Phi) is 7.56. The fourth-order valence-corrected chi connectivity index (χ4v) is 3.06. The largest absolute Gasteiger partial charge is 0.312 e. The maximum absolute atomic E-state index is 3.46. The minimum Gasteiger partial charge on any atom is -0.312 e. The van der Waals surface area contributed by atoms with Gasteiger partial charge in [-0.15, -0.1) is 11.3 Å². The third-order valence-electron chi connectivity index (χ3n) is 2.89. The summed E-state index contributed by atoms with van der Waals surface area (Å²) in [6.45, 7) is 14.6. The van der Waals surface area contributed by atoms with Gasteiger partial charge in [0.05, 0.1) is 0 Å². The summed E-state index contributed by atoms with van der Waals surface area (Å²) in [5.41, 5.74) is 0. The summed E-state index contributed by atoms with van der Waals surface area (Å²) < 4.78 is 0. The van der Waals surface area contributed by atoms with Gasteiger partial charge in [-0.05, 0) is 37.6 Å². The maximum Gasteiger partial charge on any atom is 0.0328 e. The van der Waals surface area contributed by atoms with Crippen LogP contribution in [0.4, 0.5) is 0 Å². The number of nitrogens with one attached hydrogen (secondary N) is 1. The van der Waals surface area contributed by atoms with Crippen molar-refractivity contribution in [3.63, 3.8) is 0 Å². The van der Waals surface area contributed by atoms with E-state index in [1.807, 2.05) is 11.3 Å². The van der Waals surface area contributed by atoms with Crippen LogP contribution in [0.2, 0.25) is 0 Å². The molecule has 1 rings (SSSR count). The normalized spacial score (nSPS) is 11.7. The predicted molar refractivity (Wildman–Crippen MR) is 82.1 cm³/mol. The standard InChI is InChI=1S/C15H28N2S/c1-5-9-16-10-14-7-8-15(18-14)12-17(6-2)11-13(3)4/h7-8,13,16H,5-6,9-12H2,1-4H3. The summed E-state index contributed by atoms with van der Waals surface area (Å²) in [5.74, 6) is 0.746. The van der Waals surface area contributed by atoms with Gasteiger partial charge in [0.1, 0.15) is 0 Å². The van der Waals surface area contributed by atoms with E-state index in [0.717, 1.165) is 32.1 Å². The van der Waals surface area contributed by atoms with Crippen LogP contribution in [0, 0.1) is 5.92 Å². The zero-order chi connectivity index (χ0) is 13.4. The lowest BCUT2D eigenvalue weighted by Gasteiger charge is -2.21. The first kappa shape index (κ1) is 15.7. The Balaban J connectivity index is 2.41. The predicted octanol–water partition coefficient (Wildman–Crippen LogP) is 3.73. The molecule has 2 nitrogen and oxygen atoms in total. The van der Waals surface area contributed by atoms with Crippen LogP contribution >= 0.6 is 11.3 Å². The van der Waals surface area contributed by atoms with E-state index >= 15 is 0 Å². The van der Waals surface area contributed by atoms with E-state index in [-0.39, 0.29) is 0 Å². The molecule has 18 heavy (non-hydrogen) atoms. The minimum atomic E-state index is 0.746. The second kappa shape index (κ2) is 8.68. The first-order chi connectivity index (χ1) is 8.65. The molecule has 0 bridgehead atoms. The van der Waals surface area contributed by atoms with E-state index in [0.29, 0.717) is 0 Å². The summed E-state index contributed by atoms with van der Waals surface area (Å²) in [7, 11) is 0. The van der Waals surface area contributed by atoms with Gasteiger partial charge in [-0.2, -0.15) is 0 Å².